The Morgan fingerprint density at radius 1 is 1.14 bits per heavy atom. The van der Waals surface area contributed by atoms with Gasteiger partial charge in [-0.05, 0) is 45.7 Å². The van der Waals surface area contributed by atoms with Crippen LogP contribution in [0, 0.1) is 22.2 Å². The number of benzene rings is 1. The quantitative estimate of drug-likeness (QED) is 0.314. The van der Waals surface area contributed by atoms with Gasteiger partial charge in [-0.3, -0.25) is 0 Å². The van der Waals surface area contributed by atoms with Gasteiger partial charge in [0.1, 0.15) is 45.7 Å². The third-order valence-electron chi connectivity index (χ3n) is 8.37. The Labute approximate surface area is 253 Å². The number of aliphatic hydroxyl groups excluding tert-OH is 2. The van der Waals surface area contributed by atoms with Gasteiger partial charge in [0.15, 0.2) is 17.5 Å². The molecule has 44 heavy (non-hydrogen) atoms. The number of ether oxygens (including phenoxy) is 2. The molecule has 16 heteroatoms. The number of piperidine rings is 1. The van der Waals surface area contributed by atoms with Crippen LogP contribution in [0.3, 0.4) is 0 Å². The van der Waals surface area contributed by atoms with Crippen LogP contribution in [0.1, 0.15) is 57.0 Å². The summed E-state index contributed by atoms with van der Waals surface area (Å²) in [6.07, 6.45) is -1.02. The summed E-state index contributed by atoms with van der Waals surface area (Å²) in [5, 5.41) is 33.3. The minimum absolute atomic E-state index is 0.0302. The van der Waals surface area contributed by atoms with Crippen LogP contribution in [-0.4, -0.2) is 94.8 Å². The van der Waals surface area contributed by atoms with E-state index in [1.54, 1.807) is 25.1 Å². The Balaban J connectivity index is 1.32. The summed E-state index contributed by atoms with van der Waals surface area (Å²) in [6, 6.07) is 2.48. The molecule has 1 aromatic carbocycles. The van der Waals surface area contributed by atoms with E-state index in [0.717, 1.165) is 12.1 Å². The summed E-state index contributed by atoms with van der Waals surface area (Å²) < 4.78 is 82.4. The molecular weight excluding hydrogens is 605 g/mol. The molecule has 2 aliphatic rings. The molecule has 0 bridgehead atoms. The highest BCUT2D eigenvalue weighted by Gasteiger charge is 2.47. The Kier molecular flexibility index (Phi) is 9.22. The maximum absolute atomic E-state index is 13.8. The zero-order chi connectivity index (χ0) is 32.0. The fourth-order valence-electron chi connectivity index (χ4n) is 5.80. The first-order valence-electron chi connectivity index (χ1n) is 14.3. The average Bonchev–Trinajstić information content (AvgIpc) is 3.66. The summed E-state index contributed by atoms with van der Waals surface area (Å²) in [5.41, 5.74) is 0.532. The van der Waals surface area contributed by atoms with Crippen molar-refractivity contribution in [2.45, 2.75) is 81.2 Å². The Hall–Kier alpha value is -2.89. The van der Waals surface area contributed by atoms with Gasteiger partial charge in [0.05, 0.1) is 29.3 Å². The maximum atomic E-state index is 13.8. The molecule has 1 unspecified atom stereocenters. The zero-order valence-electron chi connectivity index (χ0n) is 24.8. The van der Waals surface area contributed by atoms with Crippen molar-refractivity contribution in [1.29, 1.82) is 4.78 Å². The van der Waals surface area contributed by atoms with Crippen molar-refractivity contribution in [2.75, 3.05) is 26.8 Å². The molecule has 0 amide bonds. The van der Waals surface area contributed by atoms with Crippen LogP contribution >= 0.6 is 0 Å². The van der Waals surface area contributed by atoms with E-state index >= 15 is 0 Å². The van der Waals surface area contributed by atoms with Gasteiger partial charge in [-0.1, -0.05) is 10.4 Å². The highest BCUT2D eigenvalue weighted by molar-refractivity contribution is 7.91. The first-order valence-corrected chi connectivity index (χ1v) is 15.8. The maximum Gasteiger partial charge on any atom is 0.194 e. The summed E-state index contributed by atoms with van der Waals surface area (Å²) in [5.74, 6) is -3.67. The lowest BCUT2D eigenvalue weighted by Crippen LogP contribution is -2.57. The second kappa shape index (κ2) is 12.5. The highest BCUT2D eigenvalue weighted by Crippen LogP contribution is 2.36. The lowest BCUT2D eigenvalue weighted by molar-refractivity contribution is -0.212. The first kappa shape index (κ1) is 32.5. The highest BCUT2D eigenvalue weighted by atomic mass is 32.2. The van der Waals surface area contributed by atoms with E-state index in [2.05, 4.69) is 15.5 Å². The van der Waals surface area contributed by atoms with Gasteiger partial charge in [-0.15, -0.1) is 5.10 Å². The molecule has 12 nitrogen and oxygen atoms in total. The second-order valence-electron chi connectivity index (χ2n) is 12.2. The number of nitrogens with zero attached hydrogens (tertiary/aromatic N) is 5. The number of hydrogen-bond acceptors (Lipinski definition) is 10. The van der Waals surface area contributed by atoms with Crippen LogP contribution in [0.25, 0.3) is 11.3 Å². The van der Waals surface area contributed by atoms with Crippen LogP contribution < -0.4 is 0 Å². The Morgan fingerprint density at radius 2 is 1.80 bits per heavy atom. The second-order valence-corrected chi connectivity index (χ2v) is 15.0. The molecule has 2 fully saturated rings. The van der Waals surface area contributed by atoms with E-state index in [-0.39, 0.29) is 23.6 Å². The summed E-state index contributed by atoms with van der Waals surface area (Å²) in [6.45, 7) is 5.88. The van der Waals surface area contributed by atoms with Crippen LogP contribution in [0.4, 0.5) is 13.2 Å². The molecule has 3 aromatic rings. The number of hydrogen-bond donors (Lipinski definition) is 3. The fourth-order valence-corrected chi connectivity index (χ4v) is 7.30. The molecule has 3 N–H and O–H groups in total. The number of rotatable bonds is 8. The van der Waals surface area contributed by atoms with Crippen molar-refractivity contribution in [3.05, 3.63) is 53.3 Å². The SMILES string of the molecule is CO[C@@H]1[C@@H](n2cc(-c3cc(F)c(F)c(F)c3)nn2)[C@@H](O)[C@@H](CO)O[C@@H]1Cc1cc(C2CCN(S(=N)(=O)C(C)(C)C)CC2)on1. The molecule has 0 radical (unpaired) electrons. The molecule has 2 aliphatic heterocycles. The molecular formula is C28H37F3N6O6S. The molecule has 5 rings (SSSR count). The molecule has 2 aromatic heterocycles. The Morgan fingerprint density at radius 3 is 2.39 bits per heavy atom. The van der Waals surface area contributed by atoms with Gasteiger partial charge >= 0.3 is 0 Å². The molecule has 6 atom stereocenters. The third kappa shape index (κ3) is 6.15. The predicted octanol–water partition coefficient (Wildman–Crippen LogP) is 3.21. The van der Waals surface area contributed by atoms with Crippen molar-refractivity contribution in [3.8, 4) is 11.3 Å². The minimum Gasteiger partial charge on any atom is -0.394 e. The topological polar surface area (TPSA) is 160 Å². The van der Waals surface area contributed by atoms with Crippen LogP contribution in [0.15, 0.2) is 28.9 Å². The number of methoxy groups -OCH3 is 1. The Bertz CT molecular complexity index is 1550. The molecule has 0 aliphatic carbocycles. The van der Waals surface area contributed by atoms with Crippen molar-refractivity contribution in [3.63, 3.8) is 0 Å². The fraction of sp³-hybridized carbons (Fsp3) is 0.607. The normalized spacial score (nSPS) is 27.0. The minimum atomic E-state index is -2.93. The van der Waals surface area contributed by atoms with E-state index in [1.807, 2.05) is 6.07 Å². The molecule has 0 saturated carbocycles. The van der Waals surface area contributed by atoms with Crippen molar-refractivity contribution in [1.82, 2.24) is 24.5 Å². The molecule has 242 valence electrons. The van der Waals surface area contributed by atoms with Gasteiger partial charge in [-0.2, -0.15) is 0 Å². The molecule has 0 spiro atoms. The monoisotopic (exact) mass is 642 g/mol. The van der Waals surface area contributed by atoms with Crippen molar-refractivity contribution in [2.24, 2.45) is 0 Å². The lowest BCUT2D eigenvalue weighted by Gasteiger charge is -2.43. The van der Waals surface area contributed by atoms with Crippen LogP contribution in [0.2, 0.25) is 0 Å². The van der Waals surface area contributed by atoms with Crippen LogP contribution in [0.5, 0.6) is 0 Å². The number of halogens is 3. The van der Waals surface area contributed by atoms with Crippen LogP contribution in [-0.2, 0) is 25.8 Å². The van der Waals surface area contributed by atoms with Gasteiger partial charge in [0.2, 0.25) is 0 Å². The van der Waals surface area contributed by atoms with E-state index < -0.39 is 69.2 Å². The van der Waals surface area contributed by atoms with Gasteiger partial charge in [-0.25, -0.2) is 31.1 Å². The largest absolute Gasteiger partial charge is 0.394 e. The molecule has 2 saturated heterocycles. The van der Waals surface area contributed by atoms with E-state index in [4.69, 9.17) is 18.8 Å². The smallest absolute Gasteiger partial charge is 0.194 e. The first-order chi connectivity index (χ1) is 20.7. The van der Waals surface area contributed by atoms with E-state index in [9.17, 15) is 27.6 Å². The van der Waals surface area contributed by atoms with Crippen molar-refractivity contribution < 1.29 is 41.6 Å². The number of aromatic nitrogens is 4. The summed E-state index contributed by atoms with van der Waals surface area (Å²) in [4.78, 5) is 0. The van der Waals surface area contributed by atoms with E-state index in [0.29, 0.717) is 37.4 Å². The predicted molar refractivity (Wildman–Crippen MR) is 151 cm³/mol. The summed E-state index contributed by atoms with van der Waals surface area (Å²) in [7, 11) is -1.51. The van der Waals surface area contributed by atoms with Gasteiger partial charge in [0, 0.05) is 44.2 Å². The standard InChI is InChI=1S/C28H37F3N6O6S/c1-28(2,3)44(32,40)36-7-5-15(6-8-36)21-11-17(34-43-21)12-22-27(41-4)25(26(39)23(14-38)42-22)37-13-20(33-35-37)16-9-18(29)24(31)19(30)10-16/h9-11,13,15,22-23,25-27,32,38-39H,5-8,12,14H2,1-4H3/t22-,23-,25+,26+,27+,44?/m1/s1. The summed E-state index contributed by atoms with van der Waals surface area (Å²) >= 11 is 0. The average molecular weight is 643 g/mol. The van der Waals surface area contributed by atoms with Gasteiger partial charge < -0.3 is 24.2 Å². The van der Waals surface area contributed by atoms with E-state index in [1.165, 1.54) is 18.0 Å². The third-order valence-corrected chi connectivity index (χ3v) is 11.1. The lowest BCUT2D eigenvalue weighted by atomic mass is 9.90. The van der Waals surface area contributed by atoms with Gasteiger partial charge in [0.25, 0.3) is 0 Å². The molecule has 4 heterocycles. The number of aliphatic hydroxyl groups is 2. The van der Waals surface area contributed by atoms with Crippen molar-refractivity contribution >= 4 is 9.92 Å². The number of nitrogens with one attached hydrogen (secondary N) is 1. The zero-order valence-corrected chi connectivity index (χ0v) is 25.6.